The highest BCUT2D eigenvalue weighted by atomic mass is 19.3. The summed E-state index contributed by atoms with van der Waals surface area (Å²) in [6, 6.07) is 0. The number of carbonyl (C=O) groups excluding carboxylic acids is 1. The Morgan fingerprint density at radius 1 is 1.64 bits per heavy atom. The van der Waals surface area contributed by atoms with Crippen LogP contribution in [-0.4, -0.2) is 27.2 Å². The van der Waals surface area contributed by atoms with E-state index in [-0.39, 0.29) is 24.5 Å². The fourth-order valence-corrected chi connectivity index (χ4v) is 1.64. The van der Waals surface area contributed by atoms with Gasteiger partial charge in [0.25, 0.3) is 0 Å². The van der Waals surface area contributed by atoms with Gasteiger partial charge in [0.1, 0.15) is 5.69 Å². The van der Waals surface area contributed by atoms with Gasteiger partial charge in [-0.2, -0.15) is 0 Å². The van der Waals surface area contributed by atoms with E-state index in [0.717, 1.165) is 0 Å². The molecule has 0 amide bonds. The molecule has 1 fully saturated rings. The molecule has 14 heavy (non-hydrogen) atoms. The van der Waals surface area contributed by atoms with E-state index in [4.69, 9.17) is 0 Å². The highest BCUT2D eigenvalue weighted by Gasteiger charge is 2.45. The summed E-state index contributed by atoms with van der Waals surface area (Å²) in [5, 5.41) is 7.19. The van der Waals surface area contributed by atoms with Gasteiger partial charge in [-0.3, -0.25) is 9.48 Å². The van der Waals surface area contributed by atoms with Crippen molar-refractivity contribution in [3.63, 3.8) is 0 Å². The Balaban J connectivity index is 1.90. The number of alkyl halides is 2. The summed E-state index contributed by atoms with van der Waals surface area (Å²) in [5.74, 6) is -2.55. The molecule has 1 heterocycles. The number of rotatable bonds is 3. The highest BCUT2D eigenvalue weighted by Crippen LogP contribution is 2.42. The maximum absolute atomic E-state index is 12.5. The molecule has 1 aromatic heterocycles. The number of halogens is 2. The molecule has 0 aliphatic heterocycles. The van der Waals surface area contributed by atoms with Gasteiger partial charge in [-0.15, -0.1) is 5.10 Å². The molecule has 0 radical (unpaired) electrons. The van der Waals surface area contributed by atoms with Gasteiger partial charge in [0.15, 0.2) is 6.29 Å². The zero-order chi connectivity index (χ0) is 10.2. The molecule has 0 unspecified atom stereocenters. The Kier molecular flexibility index (Phi) is 2.05. The molecule has 2 rings (SSSR count). The quantitative estimate of drug-likeness (QED) is 0.689. The summed E-state index contributed by atoms with van der Waals surface area (Å²) in [7, 11) is 0. The lowest BCUT2D eigenvalue weighted by Crippen LogP contribution is -2.37. The lowest BCUT2D eigenvalue weighted by atomic mass is 9.81. The lowest BCUT2D eigenvalue weighted by molar-refractivity contribution is -0.114. The summed E-state index contributed by atoms with van der Waals surface area (Å²) in [6.45, 7) is 0.413. The van der Waals surface area contributed by atoms with E-state index < -0.39 is 5.92 Å². The van der Waals surface area contributed by atoms with Crippen molar-refractivity contribution in [3.05, 3.63) is 11.9 Å². The minimum absolute atomic E-state index is 0.0498. The standard InChI is InChI=1S/C8H9F2N3O/c9-8(10)1-6(2-8)3-13-4-7(5-14)11-12-13/h4-6H,1-3H2. The molecular formula is C8H9F2N3O. The first-order valence-corrected chi connectivity index (χ1v) is 4.32. The third kappa shape index (κ3) is 1.78. The summed E-state index contributed by atoms with van der Waals surface area (Å²) in [4.78, 5) is 10.3. The van der Waals surface area contributed by atoms with Gasteiger partial charge in [0, 0.05) is 19.4 Å². The van der Waals surface area contributed by atoms with Crippen LogP contribution >= 0.6 is 0 Å². The molecule has 1 aliphatic carbocycles. The first-order chi connectivity index (χ1) is 6.59. The molecule has 0 bridgehead atoms. The molecule has 6 heteroatoms. The van der Waals surface area contributed by atoms with E-state index in [1.54, 1.807) is 0 Å². The molecule has 0 saturated heterocycles. The van der Waals surface area contributed by atoms with E-state index in [9.17, 15) is 13.6 Å². The van der Waals surface area contributed by atoms with Crippen LogP contribution in [0.2, 0.25) is 0 Å². The lowest BCUT2D eigenvalue weighted by Gasteiger charge is -2.34. The largest absolute Gasteiger partial charge is 0.296 e. The molecule has 0 aromatic carbocycles. The molecule has 0 atom stereocenters. The monoisotopic (exact) mass is 201 g/mol. The second-order valence-corrected chi connectivity index (χ2v) is 3.61. The van der Waals surface area contributed by atoms with Crippen LogP contribution in [0.4, 0.5) is 8.78 Å². The number of carbonyl (C=O) groups is 1. The van der Waals surface area contributed by atoms with Crippen LogP contribution in [0.15, 0.2) is 6.20 Å². The smallest absolute Gasteiger partial charge is 0.248 e. The number of nitrogens with zero attached hydrogens (tertiary/aromatic N) is 3. The van der Waals surface area contributed by atoms with Gasteiger partial charge in [-0.1, -0.05) is 5.21 Å². The third-order valence-corrected chi connectivity index (χ3v) is 2.30. The number of hydrogen-bond acceptors (Lipinski definition) is 3. The van der Waals surface area contributed by atoms with Crippen molar-refractivity contribution in [3.8, 4) is 0 Å². The fraction of sp³-hybridized carbons (Fsp3) is 0.625. The van der Waals surface area contributed by atoms with E-state index in [1.165, 1.54) is 10.9 Å². The second kappa shape index (κ2) is 3.11. The minimum Gasteiger partial charge on any atom is -0.296 e. The third-order valence-electron chi connectivity index (χ3n) is 2.30. The summed E-state index contributed by atoms with van der Waals surface area (Å²) < 4.78 is 26.4. The number of aromatic nitrogens is 3. The Bertz CT molecular complexity index is 342. The Morgan fingerprint density at radius 3 is 2.86 bits per heavy atom. The van der Waals surface area contributed by atoms with Crippen molar-refractivity contribution >= 4 is 6.29 Å². The minimum atomic E-state index is -2.50. The van der Waals surface area contributed by atoms with Crippen LogP contribution in [0, 0.1) is 5.92 Å². The maximum atomic E-state index is 12.5. The fourth-order valence-electron chi connectivity index (χ4n) is 1.64. The van der Waals surface area contributed by atoms with Gasteiger partial charge in [0.2, 0.25) is 5.92 Å². The van der Waals surface area contributed by atoms with E-state index in [1.807, 2.05) is 0 Å². The molecule has 4 nitrogen and oxygen atoms in total. The van der Waals surface area contributed by atoms with Crippen molar-refractivity contribution < 1.29 is 13.6 Å². The first-order valence-electron chi connectivity index (χ1n) is 4.32. The zero-order valence-electron chi connectivity index (χ0n) is 7.36. The number of aldehydes is 1. The van der Waals surface area contributed by atoms with Crippen molar-refractivity contribution in [1.29, 1.82) is 0 Å². The Morgan fingerprint density at radius 2 is 2.36 bits per heavy atom. The van der Waals surface area contributed by atoms with Crippen molar-refractivity contribution in [2.24, 2.45) is 5.92 Å². The van der Waals surface area contributed by atoms with Gasteiger partial charge in [0.05, 0.1) is 6.20 Å². The molecule has 76 valence electrons. The zero-order valence-corrected chi connectivity index (χ0v) is 7.36. The average Bonchev–Trinajstić information content (AvgIpc) is 2.49. The van der Waals surface area contributed by atoms with Crippen LogP contribution < -0.4 is 0 Å². The van der Waals surface area contributed by atoms with Crippen molar-refractivity contribution in [2.75, 3.05) is 0 Å². The normalized spacial score (nSPS) is 20.4. The summed E-state index contributed by atoms with van der Waals surface area (Å²) in [6.07, 6.45) is 1.86. The predicted molar refractivity (Wildman–Crippen MR) is 43.1 cm³/mol. The van der Waals surface area contributed by atoms with E-state index in [0.29, 0.717) is 12.8 Å². The number of hydrogen-bond donors (Lipinski definition) is 0. The molecule has 0 spiro atoms. The maximum Gasteiger partial charge on any atom is 0.248 e. The van der Waals surface area contributed by atoms with Crippen LogP contribution in [0.3, 0.4) is 0 Å². The molecule has 1 aliphatic rings. The molecule has 1 saturated carbocycles. The SMILES string of the molecule is O=Cc1cn(CC2CC(F)(F)C2)nn1. The summed E-state index contributed by atoms with van der Waals surface area (Å²) in [5.41, 5.74) is 0.232. The highest BCUT2D eigenvalue weighted by molar-refractivity contribution is 5.70. The van der Waals surface area contributed by atoms with Gasteiger partial charge in [-0.05, 0) is 5.92 Å². The van der Waals surface area contributed by atoms with E-state index in [2.05, 4.69) is 10.3 Å². The second-order valence-electron chi connectivity index (χ2n) is 3.61. The topological polar surface area (TPSA) is 47.8 Å². The van der Waals surface area contributed by atoms with Crippen molar-refractivity contribution in [2.45, 2.75) is 25.3 Å². The summed E-state index contributed by atoms with van der Waals surface area (Å²) >= 11 is 0. The Hall–Kier alpha value is -1.33. The average molecular weight is 201 g/mol. The van der Waals surface area contributed by atoms with Crippen LogP contribution in [0.1, 0.15) is 23.3 Å². The molecule has 1 aromatic rings. The van der Waals surface area contributed by atoms with Crippen LogP contribution in [0.25, 0.3) is 0 Å². The van der Waals surface area contributed by atoms with E-state index >= 15 is 0 Å². The van der Waals surface area contributed by atoms with Crippen LogP contribution in [0.5, 0.6) is 0 Å². The van der Waals surface area contributed by atoms with Crippen molar-refractivity contribution in [1.82, 2.24) is 15.0 Å². The molecular weight excluding hydrogens is 192 g/mol. The first kappa shape index (κ1) is 9.23. The Labute approximate surface area is 78.9 Å². The van der Waals surface area contributed by atoms with Gasteiger partial charge in [-0.25, -0.2) is 8.78 Å². The van der Waals surface area contributed by atoms with Gasteiger partial charge >= 0.3 is 0 Å². The molecule has 0 N–H and O–H groups in total. The predicted octanol–water partition coefficient (Wildman–Crippen LogP) is 1.14. The van der Waals surface area contributed by atoms with Crippen LogP contribution in [-0.2, 0) is 6.54 Å². The van der Waals surface area contributed by atoms with Gasteiger partial charge < -0.3 is 0 Å².